The summed E-state index contributed by atoms with van der Waals surface area (Å²) in [6, 6.07) is 8.89. The molecule has 1 aromatic heterocycles. The smallest absolute Gasteiger partial charge is 0.392 e. The first kappa shape index (κ1) is 21.4. The molecular weight excluding hydrogens is 421 g/mol. The van der Waals surface area contributed by atoms with Crippen LogP contribution in [0.15, 0.2) is 48.8 Å². The van der Waals surface area contributed by atoms with Gasteiger partial charge in [0.25, 0.3) is 5.91 Å². The number of rotatable bonds is 3. The monoisotopic (exact) mass is 446 g/mol. The second-order valence-corrected chi connectivity index (χ2v) is 9.19. The van der Waals surface area contributed by atoms with Crippen LogP contribution in [0, 0.1) is 0 Å². The molecule has 0 bridgehead atoms. The highest BCUT2D eigenvalue weighted by molar-refractivity contribution is 5.94. The molecule has 9 heteroatoms. The van der Waals surface area contributed by atoms with Gasteiger partial charge in [-0.2, -0.15) is 13.2 Å². The Bertz CT molecular complexity index is 977. The summed E-state index contributed by atoms with van der Waals surface area (Å²) in [7, 11) is 0. The molecule has 1 spiro atoms. The molecule has 32 heavy (non-hydrogen) atoms. The van der Waals surface area contributed by atoms with Gasteiger partial charge in [0, 0.05) is 57.7 Å². The van der Waals surface area contributed by atoms with Crippen LogP contribution < -0.4 is 0 Å². The van der Waals surface area contributed by atoms with Crippen LogP contribution in [-0.4, -0.2) is 81.1 Å². The number of aromatic nitrogens is 1. The van der Waals surface area contributed by atoms with E-state index >= 15 is 0 Å². The van der Waals surface area contributed by atoms with Crippen LogP contribution in [-0.2, 0) is 12.7 Å². The van der Waals surface area contributed by atoms with E-state index in [4.69, 9.17) is 0 Å². The molecule has 2 atom stereocenters. The van der Waals surface area contributed by atoms with E-state index in [1.807, 2.05) is 4.90 Å². The number of aliphatic hydroxyl groups is 1. The summed E-state index contributed by atoms with van der Waals surface area (Å²) in [5.74, 6) is -0.0558. The Labute approximate surface area is 184 Å². The molecule has 0 saturated carbocycles. The Morgan fingerprint density at radius 1 is 1.12 bits per heavy atom. The van der Waals surface area contributed by atoms with E-state index in [0.717, 1.165) is 17.7 Å². The molecule has 170 valence electrons. The summed E-state index contributed by atoms with van der Waals surface area (Å²) in [5, 5.41) is 10.3. The predicted octanol–water partition coefficient (Wildman–Crippen LogP) is 2.25. The number of benzene rings is 1. The quantitative estimate of drug-likeness (QED) is 0.784. The average Bonchev–Trinajstić information content (AvgIpc) is 3.13. The van der Waals surface area contributed by atoms with Crippen molar-refractivity contribution in [1.29, 1.82) is 0 Å². The van der Waals surface area contributed by atoms with Gasteiger partial charge in [-0.05, 0) is 36.2 Å². The largest absolute Gasteiger partial charge is 0.416 e. The molecule has 6 nitrogen and oxygen atoms in total. The highest BCUT2D eigenvalue weighted by Crippen LogP contribution is 2.40. The summed E-state index contributed by atoms with van der Waals surface area (Å²) in [4.78, 5) is 23.5. The summed E-state index contributed by atoms with van der Waals surface area (Å²) >= 11 is 0. The van der Waals surface area contributed by atoms with Crippen molar-refractivity contribution < 1.29 is 23.1 Å². The van der Waals surface area contributed by atoms with Crippen molar-refractivity contribution in [2.45, 2.75) is 36.8 Å². The molecule has 0 radical (unpaired) electrons. The lowest BCUT2D eigenvalue weighted by atomic mass is 9.83. The van der Waals surface area contributed by atoms with Crippen LogP contribution in [0.1, 0.15) is 27.9 Å². The van der Waals surface area contributed by atoms with E-state index in [9.17, 15) is 23.1 Å². The third-order valence-electron chi connectivity index (χ3n) is 6.84. The number of hydrogen-bond donors (Lipinski definition) is 1. The number of hydrogen-bond acceptors (Lipinski definition) is 5. The molecule has 0 aliphatic carbocycles. The van der Waals surface area contributed by atoms with Crippen LogP contribution in [0.4, 0.5) is 13.2 Å². The van der Waals surface area contributed by atoms with E-state index in [1.54, 1.807) is 24.5 Å². The number of amides is 1. The molecular formula is C23H25F3N4O2. The highest BCUT2D eigenvalue weighted by Gasteiger charge is 2.56. The molecule has 2 aromatic rings. The Morgan fingerprint density at radius 2 is 1.88 bits per heavy atom. The van der Waals surface area contributed by atoms with E-state index in [0.29, 0.717) is 51.3 Å². The zero-order valence-corrected chi connectivity index (χ0v) is 17.5. The third kappa shape index (κ3) is 3.89. The van der Waals surface area contributed by atoms with Crippen molar-refractivity contribution >= 4 is 5.91 Å². The summed E-state index contributed by atoms with van der Waals surface area (Å²) in [6.07, 6.45) is -0.902. The normalized spacial score (nSPS) is 25.6. The van der Waals surface area contributed by atoms with Crippen LogP contribution in [0.2, 0.25) is 0 Å². The Kier molecular flexibility index (Phi) is 5.22. The number of nitrogens with zero attached hydrogens (tertiary/aromatic N) is 4. The SMILES string of the molecule is O=C(c1cccnc1)N1CC2CC(O)CN2C2(CN(Cc3ccc(C(F)(F)F)cc3)C2)C1. The van der Waals surface area contributed by atoms with Gasteiger partial charge >= 0.3 is 6.18 Å². The van der Waals surface area contributed by atoms with Gasteiger partial charge in [-0.15, -0.1) is 0 Å². The number of likely N-dealkylation sites (tertiary alicyclic amines) is 1. The molecule has 3 aliphatic heterocycles. The average molecular weight is 446 g/mol. The van der Waals surface area contributed by atoms with E-state index in [2.05, 4.69) is 14.8 Å². The lowest BCUT2D eigenvalue weighted by Gasteiger charge is -2.61. The van der Waals surface area contributed by atoms with Crippen molar-refractivity contribution in [3.63, 3.8) is 0 Å². The number of carbonyl (C=O) groups excluding carboxylic acids is 1. The third-order valence-corrected chi connectivity index (χ3v) is 6.84. The molecule has 3 fully saturated rings. The molecule has 3 saturated heterocycles. The predicted molar refractivity (Wildman–Crippen MR) is 111 cm³/mol. The van der Waals surface area contributed by atoms with Gasteiger partial charge in [0.2, 0.25) is 0 Å². The fourth-order valence-corrected chi connectivity index (χ4v) is 5.47. The van der Waals surface area contributed by atoms with Gasteiger partial charge in [-0.3, -0.25) is 19.6 Å². The van der Waals surface area contributed by atoms with Crippen LogP contribution in [0.25, 0.3) is 0 Å². The van der Waals surface area contributed by atoms with Gasteiger partial charge in [0.15, 0.2) is 0 Å². The van der Waals surface area contributed by atoms with E-state index in [-0.39, 0.29) is 17.5 Å². The minimum Gasteiger partial charge on any atom is -0.392 e. The zero-order chi connectivity index (χ0) is 22.5. The van der Waals surface area contributed by atoms with Gasteiger partial charge in [-0.1, -0.05) is 12.1 Å². The first-order valence-electron chi connectivity index (χ1n) is 10.8. The molecule has 1 aromatic carbocycles. The van der Waals surface area contributed by atoms with Crippen molar-refractivity contribution in [2.75, 3.05) is 32.7 Å². The van der Waals surface area contributed by atoms with Gasteiger partial charge in [0.1, 0.15) is 0 Å². The van der Waals surface area contributed by atoms with Gasteiger partial charge in [-0.25, -0.2) is 0 Å². The lowest BCUT2D eigenvalue weighted by Crippen LogP contribution is -2.78. The Morgan fingerprint density at radius 3 is 2.53 bits per heavy atom. The second-order valence-electron chi connectivity index (χ2n) is 9.19. The maximum atomic E-state index is 13.1. The summed E-state index contributed by atoms with van der Waals surface area (Å²) in [6.45, 7) is 3.69. The van der Waals surface area contributed by atoms with Gasteiger partial charge in [0.05, 0.1) is 22.8 Å². The van der Waals surface area contributed by atoms with E-state index in [1.165, 1.54) is 12.1 Å². The Hall–Kier alpha value is -2.49. The minimum atomic E-state index is -4.34. The molecule has 3 aliphatic rings. The fourth-order valence-electron chi connectivity index (χ4n) is 5.47. The lowest BCUT2D eigenvalue weighted by molar-refractivity contribution is -0.137. The number of aliphatic hydroxyl groups excluding tert-OH is 1. The van der Waals surface area contributed by atoms with Crippen LogP contribution in [0.3, 0.4) is 0 Å². The molecule has 2 unspecified atom stereocenters. The minimum absolute atomic E-state index is 0.0558. The number of halogens is 3. The molecule has 1 amide bonds. The maximum Gasteiger partial charge on any atom is 0.416 e. The molecule has 5 rings (SSSR count). The van der Waals surface area contributed by atoms with Crippen molar-refractivity contribution in [1.82, 2.24) is 19.7 Å². The fraction of sp³-hybridized carbons (Fsp3) is 0.478. The van der Waals surface area contributed by atoms with Crippen LogP contribution in [0.5, 0.6) is 0 Å². The first-order valence-corrected chi connectivity index (χ1v) is 10.8. The number of pyridine rings is 1. The Balaban J connectivity index is 1.29. The zero-order valence-electron chi connectivity index (χ0n) is 17.5. The maximum absolute atomic E-state index is 13.1. The highest BCUT2D eigenvalue weighted by atomic mass is 19.4. The second kappa shape index (κ2) is 7.83. The first-order chi connectivity index (χ1) is 15.2. The molecule has 4 heterocycles. The van der Waals surface area contributed by atoms with Crippen molar-refractivity contribution in [3.8, 4) is 0 Å². The molecule has 1 N–H and O–H groups in total. The van der Waals surface area contributed by atoms with Crippen molar-refractivity contribution in [2.24, 2.45) is 0 Å². The van der Waals surface area contributed by atoms with Gasteiger partial charge < -0.3 is 10.0 Å². The number of β-amino-alcohol motifs (C(OH)–C–C–N with tert-alkyl or cyclic N) is 1. The summed E-state index contributed by atoms with van der Waals surface area (Å²) in [5.41, 5.74) is 0.483. The topological polar surface area (TPSA) is 59.9 Å². The van der Waals surface area contributed by atoms with Crippen molar-refractivity contribution in [3.05, 3.63) is 65.5 Å². The van der Waals surface area contributed by atoms with E-state index < -0.39 is 17.8 Å². The number of piperazine rings is 1. The number of carbonyl (C=O) groups is 1. The standard InChI is InChI=1S/C23H25F3N4O2/c24-23(25,26)18-5-3-16(4-6-18)10-28-13-22(14-28)15-29(11-19-8-20(31)12-30(19)22)21(32)17-2-1-7-27-9-17/h1-7,9,19-20,31H,8,10-15H2. The van der Waals surface area contributed by atoms with Crippen LogP contribution >= 0.6 is 0 Å². The summed E-state index contributed by atoms with van der Waals surface area (Å²) < 4.78 is 38.4. The number of alkyl halides is 3. The number of fused-ring (bicyclic) bond motifs is 2.